The number of amides is 1. The van der Waals surface area contributed by atoms with E-state index in [1.807, 2.05) is 54.7 Å². The first kappa shape index (κ1) is 13.4. The van der Waals surface area contributed by atoms with Gasteiger partial charge in [0.25, 0.3) is 5.91 Å². The molecular formula is C19H14N2O2. The highest BCUT2D eigenvalue weighted by Gasteiger charge is 2.27. The summed E-state index contributed by atoms with van der Waals surface area (Å²) in [6, 6.07) is 16.6. The third-order valence-electron chi connectivity index (χ3n) is 3.93. The summed E-state index contributed by atoms with van der Waals surface area (Å²) >= 11 is 0. The van der Waals surface area contributed by atoms with Crippen LogP contribution in [0.5, 0.6) is 5.75 Å². The molecule has 23 heavy (non-hydrogen) atoms. The summed E-state index contributed by atoms with van der Waals surface area (Å²) < 4.78 is 0. The average molecular weight is 302 g/mol. The van der Waals surface area contributed by atoms with E-state index in [1.54, 1.807) is 12.1 Å². The number of H-pyrrole nitrogens is 1. The number of anilines is 1. The summed E-state index contributed by atoms with van der Waals surface area (Å²) in [6.07, 6.45) is 3.68. The molecule has 0 atom stereocenters. The Morgan fingerprint density at radius 3 is 2.52 bits per heavy atom. The maximum atomic E-state index is 12.4. The predicted molar refractivity (Wildman–Crippen MR) is 90.8 cm³/mol. The van der Waals surface area contributed by atoms with Gasteiger partial charge in [-0.05, 0) is 47.5 Å². The fourth-order valence-electron chi connectivity index (χ4n) is 2.86. The summed E-state index contributed by atoms with van der Waals surface area (Å²) in [5, 5.41) is 12.4. The molecule has 0 fully saturated rings. The maximum Gasteiger partial charge on any atom is 0.256 e. The standard InChI is InChI=1S/C19H14N2O2/c22-14-8-6-12(7-9-14)15-4-1-5-17-18(15)16(19(23)21-17)11-13-3-2-10-20-13/h1-11,20,22H,(H,21,23). The predicted octanol–water partition coefficient (Wildman–Crippen LogP) is 3.88. The van der Waals surface area contributed by atoms with Crippen molar-refractivity contribution < 1.29 is 9.90 Å². The van der Waals surface area contributed by atoms with E-state index in [0.29, 0.717) is 5.57 Å². The molecule has 3 N–H and O–H groups in total. The molecule has 2 heterocycles. The smallest absolute Gasteiger partial charge is 0.256 e. The van der Waals surface area contributed by atoms with Gasteiger partial charge in [-0.25, -0.2) is 0 Å². The Kier molecular flexibility index (Phi) is 3.01. The normalized spacial score (nSPS) is 14.8. The fraction of sp³-hybridized carbons (Fsp3) is 0. The molecule has 0 unspecified atom stereocenters. The number of nitrogens with one attached hydrogen (secondary N) is 2. The van der Waals surface area contributed by atoms with E-state index in [1.165, 1.54) is 0 Å². The van der Waals surface area contributed by atoms with Gasteiger partial charge in [-0.15, -0.1) is 0 Å². The van der Waals surface area contributed by atoms with Gasteiger partial charge in [0.05, 0.1) is 5.57 Å². The van der Waals surface area contributed by atoms with Crippen molar-refractivity contribution in [2.24, 2.45) is 0 Å². The van der Waals surface area contributed by atoms with Crippen molar-refractivity contribution in [3.8, 4) is 16.9 Å². The zero-order valence-electron chi connectivity index (χ0n) is 12.2. The molecule has 112 valence electrons. The molecule has 0 aliphatic carbocycles. The van der Waals surface area contributed by atoms with Crippen LogP contribution in [-0.2, 0) is 4.79 Å². The molecule has 1 aliphatic rings. The third-order valence-corrected chi connectivity index (χ3v) is 3.93. The zero-order valence-corrected chi connectivity index (χ0v) is 12.2. The van der Waals surface area contributed by atoms with Crippen LogP contribution in [0.25, 0.3) is 22.8 Å². The number of rotatable bonds is 2. The first-order valence-electron chi connectivity index (χ1n) is 7.31. The van der Waals surface area contributed by atoms with Crippen LogP contribution >= 0.6 is 0 Å². The second-order valence-electron chi connectivity index (χ2n) is 5.41. The fourth-order valence-corrected chi connectivity index (χ4v) is 2.86. The summed E-state index contributed by atoms with van der Waals surface area (Å²) in [7, 11) is 0. The molecule has 0 saturated heterocycles. The lowest BCUT2D eigenvalue weighted by molar-refractivity contribution is -0.110. The summed E-state index contributed by atoms with van der Waals surface area (Å²) in [5.74, 6) is 0.110. The number of aromatic hydroxyl groups is 1. The monoisotopic (exact) mass is 302 g/mol. The summed E-state index contributed by atoms with van der Waals surface area (Å²) in [4.78, 5) is 15.5. The Bertz CT molecular complexity index is 907. The van der Waals surface area contributed by atoms with Crippen molar-refractivity contribution >= 4 is 23.2 Å². The molecule has 4 rings (SSSR count). The highest BCUT2D eigenvalue weighted by molar-refractivity contribution is 6.36. The van der Waals surface area contributed by atoms with Gasteiger partial charge >= 0.3 is 0 Å². The minimum Gasteiger partial charge on any atom is -0.508 e. The number of hydrogen-bond donors (Lipinski definition) is 3. The van der Waals surface area contributed by atoms with Crippen LogP contribution in [-0.4, -0.2) is 16.0 Å². The first-order chi connectivity index (χ1) is 11.2. The van der Waals surface area contributed by atoms with Gasteiger partial charge in [0.2, 0.25) is 0 Å². The molecule has 2 aromatic carbocycles. The molecule has 4 nitrogen and oxygen atoms in total. The average Bonchev–Trinajstić information content (AvgIpc) is 3.17. The summed E-state index contributed by atoms with van der Waals surface area (Å²) in [5.41, 5.74) is 5.11. The van der Waals surface area contributed by atoms with Crippen LogP contribution in [0.1, 0.15) is 11.3 Å². The van der Waals surface area contributed by atoms with Gasteiger partial charge in [0, 0.05) is 23.1 Å². The van der Waals surface area contributed by atoms with Gasteiger partial charge in [0.1, 0.15) is 5.75 Å². The zero-order chi connectivity index (χ0) is 15.8. The van der Waals surface area contributed by atoms with Gasteiger partial charge in [-0.3, -0.25) is 4.79 Å². The number of hydrogen-bond acceptors (Lipinski definition) is 2. The number of aromatic nitrogens is 1. The van der Waals surface area contributed by atoms with E-state index < -0.39 is 0 Å². The number of aromatic amines is 1. The SMILES string of the molecule is O=C1Nc2cccc(-c3ccc(O)cc3)c2C1=Cc1ccc[nH]1. The second-order valence-corrected chi connectivity index (χ2v) is 5.41. The van der Waals surface area contributed by atoms with E-state index >= 15 is 0 Å². The highest BCUT2D eigenvalue weighted by atomic mass is 16.3. The Hall–Kier alpha value is -3.27. The van der Waals surface area contributed by atoms with Crippen molar-refractivity contribution in [2.45, 2.75) is 0 Å². The van der Waals surface area contributed by atoms with Crippen molar-refractivity contribution in [3.63, 3.8) is 0 Å². The quantitative estimate of drug-likeness (QED) is 0.629. The Morgan fingerprint density at radius 2 is 1.78 bits per heavy atom. The van der Waals surface area contributed by atoms with Crippen LogP contribution in [0.15, 0.2) is 60.8 Å². The Labute approximate surface area is 133 Å². The number of fused-ring (bicyclic) bond motifs is 1. The minimum absolute atomic E-state index is 0.110. The number of carbonyl (C=O) groups is 1. The van der Waals surface area contributed by atoms with Crippen LogP contribution < -0.4 is 5.32 Å². The van der Waals surface area contributed by atoms with Crippen LogP contribution in [0.4, 0.5) is 5.69 Å². The van der Waals surface area contributed by atoms with Gasteiger partial charge in [-0.1, -0.05) is 24.3 Å². The van der Waals surface area contributed by atoms with E-state index in [2.05, 4.69) is 10.3 Å². The lowest BCUT2D eigenvalue weighted by atomic mass is 9.94. The van der Waals surface area contributed by atoms with Gasteiger partial charge in [-0.2, -0.15) is 0 Å². The maximum absolute atomic E-state index is 12.4. The van der Waals surface area contributed by atoms with Crippen molar-refractivity contribution in [3.05, 3.63) is 72.1 Å². The lowest BCUT2D eigenvalue weighted by Gasteiger charge is -2.08. The Morgan fingerprint density at radius 1 is 0.957 bits per heavy atom. The topological polar surface area (TPSA) is 65.1 Å². The largest absolute Gasteiger partial charge is 0.508 e. The van der Waals surface area contributed by atoms with Crippen molar-refractivity contribution in [1.29, 1.82) is 0 Å². The molecule has 0 bridgehead atoms. The van der Waals surface area contributed by atoms with Crippen LogP contribution in [0, 0.1) is 0 Å². The molecule has 3 aromatic rings. The number of phenols is 1. The van der Waals surface area contributed by atoms with Crippen LogP contribution in [0.3, 0.4) is 0 Å². The van der Waals surface area contributed by atoms with Gasteiger partial charge < -0.3 is 15.4 Å². The second kappa shape index (κ2) is 5.18. The molecule has 1 amide bonds. The molecule has 0 spiro atoms. The first-order valence-corrected chi connectivity index (χ1v) is 7.31. The minimum atomic E-state index is -0.110. The third kappa shape index (κ3) is 2.30. The van der Waals surface area contributed by atoms with Crippen molar-refractivity contribution in [2.75, 3.05) is 5.32 Å². The van der Waals surface area contributed by atoms with E-state index in [0.717, 1.165) is 28.1 Å². The lowest BCUT2D eigenvalue weighted by Crippen LogP contribution is -2.03. The molecule has 4 heteroatoms. The van der Waals surface area contributed by atoms with E-state index in [4.69, 9.17) is 0 Å². The molecule has 1 aromatic heterocycles. The number of carbonyl (C=O) groups excluding carboxylic acids is 1. The molecule has 1 aliphatic heterocycles. The van der Waals surface area contributed by atoms with E-state index in [9.17, 15) is 9.90 Å². The molecular weight excluding hydrogens is 288 g/mol. The summed E-state index contributed by atoms with van der Waals surface area (Å²) in [6.45, 7) is 0. The number of phenolic OH excluding ortho intramolecular Hbond substituents is 1. The Balaban J connectivity index is 1.91. The van der Waals surface area contributed by atoms with E-state index in [-0.39, 0.29) is 11.7 Å². The highest BCUT2D eigenvalue weighted by Crippen LogP contribution is 2.40. The molecule has 0 radical (unpaired) electrons. The van der Waals surface area contributed by atoms with Gasteiger partial charge in [0.15, 0.2) is 0 Å². The van der Waals surface area contributed by atoms with Crippen LogP contribution in [0.2, 0.25) is 0 Å². The number of benzene rings is 2. The molecule has 0 saturated carbocycles. The van der Waals surface area contributed by atoms with Crippen molar-refractivity contribution in [1.82, 2.24) is 4.98 Å².